The fourth-order valence-corrected chi connectivity index (χ4v) is 2.65. The van der Waals surface area contributed by atoms with Gasteiger partial charge in [0, 0.05) is 18.8 Å². The second-order valence-electron chi connectivity index (χ2n) is 5.29. The zero-order chi connectivity index (χ0) is 12.8. The Morgan fingerprint density at radius 1 is 1.33 bits per heavy atom. The van der Waals surface area contributed by atoms with Crippen molar-refractivity contribution in [3.63, 3.8) is 0 Å². The molecule has 0 atom stereocenters. The van der Waals surface area contributed by atoms with Gasteiger partial charge in [0.2, 0.25) is 0 Å². The van der Waals surface area contributed by atoms with Crippen molar-refractivity contribution in [1.29, 1.82) is 0 Å². The molecule has 1 aromatic rings. The van der Waals surface area contributed by atoms with Crippen molar-refractivity contribution in [2.24, 2.45) is 5.92 Å². The molecule has 2 rings (SSSR count). The van der Waals surface area contributed by atoms with Crippen molar-refractivity contribution in [1.82, 2.24) is 15.2 Å². The smallest absolute Gasteiger partial charge is 0.0547 e. The molecule has 3 nitrogen and oxygen atoms in total. The summed E-state index contributed by atoms with van der Waals surface area (Å²) < 4.78 is 0. The molecule has 1 saturated heterocycles. The molecule has 18 heavy (non-hydrogen) atoms. The average Bonchev–Trinajstić information content (AvgIpc) is 2.39. The Balaban J connectivity index is 1.88. The summed E-state index contributed by atoms with van der Waals surface area (Å²) in [6.45, 7) is 9.99. The van der Waals surface area contributed by atoms with Crippen molar-refractivity contribution in [2.75, 3.05) is 26.2 Å². The van der Waals surface area contributed by atoms with Crippen LogP contribution in [0.2, 0.25) is 0 Å². The molecule has 100 valence electrons. The lowest BCUT2D eigenvalue weighted by Gasteiger charge is -2.29. The van der Waals surface area contributed by atoms with Gasteiger partial charge in [-0.15, -0.1) is 0 Å². The first-order chi connectivity index (χ1) is 8.78. The van der Waals surface area contributed by atoms with Crippen LogP contribution in [-0.2, 0) is 6.54 Å². The van der Waals surface area contributed by atoms with Crippen molar-refractivity contribution >= 4 is 0 Å². The van der Waals surface area contributed by atoms with Crippen LogP contribution in [0.3, 0.4) is 0 Å². The summed E-state index contributed by atoms with van der Waals surface area (Å²) in [6.07, 6.45) is 2.63. The summed E-state index contributed by atoms with van der Waals surface area (Å²) in [5.41, 5.74) is 2.32. The Labute approximate surface area is 111 Å². The van der Waals surface area contributed by atoms with Gasteiger partial charge in [0.05, 0.1) is 5.69 Å². The van der Waals surface area contributed by atoms with Gasteiger partial charge in [0.15, 0.2) is 0 Å². The monoisotopic (exact) mass is 247 g/mol. The first kappa shape index (κ1) is 13.5. The van der Waals surface area contributed by atoms with E-state index in [4.69, 9.17) is 0 Å². The maximum Gasteiger partial charge on any atom is 0.0547 e. The van der Waals surface area contributed by atoms with Crippen molar-refractivity contribution < 1.29 is 0 Å². The predicted molar refractivity (Wildman–Crippen MR) is 75.5 cm³/mol. The summed E-state index contributed by atoms with van der Waals surface area (Å²) in [5, 5.41) is 3.43. The van der Waals surface area contributed by atoms with Crippen LogP contribution in [-0.4, -0.2) is 36.1 Å². The molecule has 0 amide bonds. The number of nitrogens with zero attached hydrogens (tertiary/aromatic N) is 2. The number of aromatic nitrogens is 1. The fraction of sp³-hybridized carbons (Fsp3) is 0.667. The zero-order valence-corrected chi connectivity index (χ0v) is 11.7. The van der Waals surface area contributed by atoms with Gasteiger partial charge < -0.3 is 5.32 Å². The van der Waals surface area contributed by atoms with E-state index in [2.05, 4.69) is 47.2 Å². The maximum absolute atomic E-state index is 4.60. The van der Waals surface area contributed by atoms with E-state index in [-0.39, 0.29) is 0 Å². The van der Waals surface area contributed by atoms with E-state index < -0.39 is 0 Å². The van der Waals surface area contributed by atoms with E-state index in [1.807, 2.05) is 0 Å². The normalized spacial score (nSPS) is 17.3. The van der Waals surface area contributed by atoms with Crippen LogP contribution in [0.5, 0.6) is 0 Å². The maximum atomic E-state index is 4.60. The molecule has 1 N–H and O–H groups in total. The first-order valence-corrected chi connectivity index (χ1v) is 7.13. The van der Waals surface area contributed by atoms with Crippen molar-refractivity contribution in [3.05, 3.63) is 29.6 Å². The Kier molecular flexibility index (Phi) is 5.14. The Bertz CT molecular complexity index is 359. The Hall–Kier alpha value is -0.930. The number of piperidine rings is 1. The van der Waals surface area contributed by atoms with Gasteiger partial charge in [-0.1, -0.05) is 13.0 Å². The summed E-state index contributed by atoms with van der Waals surface area (Å²) in [5.74, 6) is 0.857. The van der Waals surface area contributed by atoms with Crippen LogP contribution >= 0.6 is 0 Å². The van der Waals surface area contributed by atoms with E-state index in [0.717, 1.165) is 24.7 Å². The molecular weight excluding hydrogens is 222 g/mol. The van der Waals surface area contributed by atoms with Crippen molar-refractivity contribution in [2.45, 2.75) is 33.2 Å². The van der Waals surface area contributed by atoms with Gasteiger partial charge in [-0.3, -0.25) is 9.88 Å². The largest absolute Gasteiger partial charge is 0.317 e. The minimum Gasteiger partial charge on any atom is -0.317 e. The molecular formula is C15H25N3. The third-order valence-corrected chi connectivity index (χ3v) is 3.75. The number of pyridine rings is 1. The van der Waals surface area contributed by atoms with E-state index in [9.17, 15) is 0 Å². The topological polar surface area (TPSA) is 28.2 Å². The lowest BCUT2D eigenvalue weighted by atomic mass is 9.97. The third-order valence-electron chi connectivity index (χ3n) is 3.75. The summed E-state index contributed by atoms with van der Waals surface area (Å²) in [4.78, 5) is 7.13. The molecule has 0 bridgehead atoms. The number of hydrogen-bond donors (Lipinski definition) is 1. The molecule has 1 aliphatic rings. The summed E-state index contributed by atoms with van der Waals surface area (Å²) >= 11 is 0. The van der Waals surface area contributed by atoms with Gasteiger partial charge in [-0.2, -0.15) is 0 Å². The summed E-state index contributed by atoms with van der Waals surface area (Å²) in [7, 11) is 0. The molecule has 0 unspecified atom stereocenters. The Morgan fingerprint density at radius 2 is 2.11 bits per heavy atom. The lowest BCUT2D eigenvalue weighted by Crippen LogP contribution is -2.36. The molecule has 0 saturated carbocycles. The Morgan fingerprint density at radius 3 is 2.78 bits per heavy atom. The highest BCUT2D eigenvalue weighted by molar-refractivity contribution is 5.09. The lowest BCUT2D eigenvalue weighted by molar-refractivity contribution is 0.205. The van der Waals surface area contributed by atoms with Crippen LogP contribution in [0, 0.1) is 12.8 Å². The zero-order valence-electron chi connectivity index (χ0n) is 11.7. The average molecular weight is 247 g/mol. The quantitative estimate of drug-likeness (QED) is 0.864. The van der Waals surface area contributed by atoms with Crippen LogP contribution in [0.15, 0.2) is 18.2 Å². The van der Waals surface area contributed by atoms with E-state index in [1.54, 1.807) is 0 Å². The van der Waals surface area contributed by atoms with E-state index in [0.29, 0.717) is 0 Å². The minimum absolute atomic E-state index is 0.857. The standard InChI is InChI=1S/C15H25N3/c1-3-18(11-14-7-9-16-10-8-14)12-15-6-4-5-13(2)17-15/h4-6,14,16H,3,7-12H2,1-2H3. The second kappa shape index (κ2) is 6.86. The van der Waals surface area contributed by atoms with Crippen LogP contribution in [0.1, 0.15) is 31.2 Å². The molecule has 2 heterocycles. The van der Waals surface area contributed by atoms with Gasteiger partial charge >= 0.3 is 0 Å². The van der Waals surface area contributed by atoms with Crippen LogP contribution < -0.4 is 5.32 Å². The van der Waals surface area contributed by atoms with Crippen LogP contribution in [0.25, 0.3) is 0 Å². The molecule has 1 aromatic heterocycles. The molecule has 0 radical (unpaired) electrons. The van der Waals surface area contributed by atoms with Gasteiger partial charge in [-0.05, 0) is 57.5 Å². The second-order valence-corrected chi connectivity index (χ2v) is 5.29. The molecule has 0 aliphatic carbocycles. The molecule has 0 aromatic carbocycles. The predicted octanol–water partition coefficient (Wildman–Crippen LogP) is 2.21. The molecule has 0 spiro atoms. The van der Waals surface area contributed by atoms with E-state index in [1.165, 1.54) is 38.2 Å². The number of hydrogen-bond acceptors (Lipinski definition) is 3. The summed E-state index contributed by atoms with van der Waals surface area (Å²) in [6, 6.07) is 6.31. The number of nitrogens with one attached hydrogen (secondary N) is 1. The minimum atomic E-state index is 0.857. The molecule has 3 heteroatoms. The highest BCUT2D eigenvalue weighted by Gasteiger charge is 2.16. The SMILES string of the molecule is CCN(Cc1cccc(C)n1)CC1CCNCC1. The van der Waals surface area contributed by atoms with E-state index >= 15 is 0 Å². The molecule has 1 aliphatic heterocycles. The highest BCUT2D eigenvalue weighted by atomic mass is 15.1. The number of rotatable bonds is 5. The third kappa shape index (κ3) is 4.07. The first-order valence-electron chi connectivity index (χ1n) is 7.13. The van der Waals surface area contributed by atoms with Gasteiger partial charge in [0.1, 0.15) is 0 Å². The fourth-order valence-electron chi connectivity index (χ4n) is 2.65. The van der Waals surface area contributed by atoms with Crippen molar-refractivity contribution in [3.8, 4) is 0 Å². The number of aryl methyl sites for hydroxylation is 1. The van der Waals surface area contributed by atoms with Gasteiger partial charge in [-0.25, -0.2) is 0 Å². The highest BCUT2D eigenvalue weighted by Crippen LogP contribution is 2.14. The molecule has 1 fully saturated rings. The van der Waals surface area contributed by atoms with Crippen LogP contribution in [0.4, 0.5) is 0 Å². The van der Waals surface area contributed by atoms with Gasteiger partial charge in [0.25, 0.3) is 0 Å².